The fourth-order valence-electron chi connectivity index (χ4n) is 4.42. The molecule has 2 fully saturated rings. The molecule has 0 bridgehead atoms. The van der Waals surface area contributed by atoms with Crippen LogP contribution in [0.5, 0.6) is 0 Å². The maximum atomic E-state index is 13.0. The highest BCUT2D eigenvalue weighted by molar-refractivity contribution is 5.79. The van der Waals surface area contributed by atoms with E-state index in [1.54, 1.807) is 0 Å². The average molecular weight is 317 g/mol. The van der Waals surface area contributed by atoms with Gasteiger partial charge in [0.1, 0.15) is 5.82 Å². The normalized spacial score (nSPS) is 26.5. The number of carbonyl (C=O) groups is 1. The van der Waals surface area contributed by atoms with E-state index in [9.17, 15) is 4.79 Å². The number of piperidine rings is 1. The number of rotatable bonds is 2. The molecule has 6 nitrogen and oxygen atoms in total. The molecule has 1 saturated heterocycles. The second-order valence-corrected chi connectivity index (χ2v) is 7.39. The number of amides is 1. The monoisotopic (exact) mass is 317 g/mol. The molecule has 1 atom stereocenters. The van der Waals surface area contributed by atoms with Gasteiger partial charge >= 0.3 is 0 Å². The van der Waals surface area contributed by atoms with Crippen molar-refractivity contribution in [3.05, 3.63) is 11.6 Å². The van der Waals surface area contributed by atoms with Gasteiger partial charge in [0.25, 0.3) is 0 Å². The molecule has 2 aliphatic heterocycles. The number of hydrogen-bond donors (Lipinski definition) is 0. The molecule has 1 aromatic heterocycles. The Labute approximate surface area is 137 Å². The zero-order valence-electron chi connectivity index (χ0n) is 14.1. The molecule has 23 heavy (non-hydrogen) atoms. The number of aromatic nitrogens is 3. The Hall–Kier alpha value is -1.43. The third-order valence-electron chi connectivity index (χ3n) is 5.76. The number of fused-ring (bicyclic) bond motifs is 1. The van der Waals surface area contributed by atoms with Crippen molar-refractivity contribution in [2.45, 2.75) is 64.1 Å². The Kier molecular flexibility index (Phi) is 4.09. The summed E-state index contributed by atoms with van der Waals surface area (Å²) in [6.45, 7) is 3.72. The summed E-state index contributed by atoms with van der Waals surface area (Å²) in [6, 6.07) is 0.140. The van der Waals surface area contributed by atoms with Gasteiger partial charge in [-0.1, -0.05) is 12.8 Å². The van der Waals surface area contributed by atoms with Crippen LogP contribution < -0.4 is 0 Å². The molecule has 1 unspecified atom stereocenters. The second kappa shape index (κ2) is 6.23. The lowest BCUT2D eigenvalue weighted by Crippen LogP contribution is -2.43. The van der Waals surface area contributed by atoms with E-state index in [1.165, 1.54) is 19.3 Å². The summed E-state index contributed by atoms with van der Waals surface area (Å²) >= 11 is 0. The molecule has 1 saturated carbocycles. The zero-order chi connectivity index (χ0) is 15.8. The van der Waals surface area contributed by atoms with E-state index in [0.29, 0.717) is 5.91 Å². The van der Waals surface area contributed by atoms with Gasteiger partial charge in [0.15, 0.2) is 5.82 Å². The van der Waals surface area contributed by atoms with E-state index in [-0.39, 0.29) is 12.0 Å². The van der Waals surface area contributed by atoms with E-state index < -0.39 is 0 Å². The minimum Gasteiger partial charge on any atom is -0.332 e. The molecule has 4 rings (SSSR count). The van der Waals surface area contributed by atoms with Crippen LogP contribution in [0.1, 0.15) is 62.6 Å². The van der Waals surface area contributed by atoms with Crippen LogP contribution in [0.2, 0.25) is 0 Å². The van der Waals surface area contributed by atoms with Gasteiger partial charge in [-0.15, -0.1) is 10.2 Å². The van der Waals surface area contributed by atoms with Crippen molar-refractivity contribution < 1.29 is 4.79 Å². The molecule has 126 valence electrons. The quantitative estimate of drug-likeness (QED) is 0.837. The number of likely N-dealkylation sites (tertiary alicyclic amines) is 1. The first-order chi connectivity index (χ1) is 11.2. The fourth-order valence-corrected chi connectivity index (χ4v) is 4.42. The third-order valence-corrected chi connectivity index (χ3v) is 5.76. The summed E-state index contributed by atoms with van der Waals surface area (Å²) in [7, 11) is 2.12. The molecule has 3 aliphatic rings. The summed E-state index contributed by atoms with van der Waals surface area (Å²) in [5.41, 5.74) is 0. The van der Waals surface area contributed by atoms with Crippen molar-refractivity contribution in [3.63, 3.8) is 0 Å². The summed E-state index contributed by atoms with van der Waals surface area (Å²) in [4.78, 5) is 17.4. The first-order valence-electron chi connectivity index (χ1n) is 9.15. The van der Waals surface area contributed by atoms with Gasteiger partial charge in [0.2, 0.25) is 5.91 Å². The average Bonchev–Trinajstić information content (AvgIpc) is 3.23. The van der Waals surface area contributed by atoms with Crippen molar-refractivity contribution >= 4 is 5.91 Å². The van der Waals surface area contributed by atoms with Gasteiger partial charge in [0.05, 0.1) is 12.6 Å². The Morgan fingerprint density at radius 3 is 2.61 bits per heavy atom. The van der Waals surface area contributed by atoms with Gasteiger partial charge in [-0.25, -0.2) is 0 Å². The molecular weight excluding hydrogens is 290 g/mol. The number of nitrogens with zero attached hydrogens (tertiary/aromatic N) is 5. The Morgan fingerprint density at radius 1 is 1.00 bits per heavy atom. The Balaban J connectivity index is 1.59. The molecular formula is C17H27N5O. The molecule has 1 aromatic rings. The molecule has 1 amide bonds. The van der Waals surface area contributed by atoms with Crippen LogP contribution in [0.15, 0.2) is 0 Å². The molecule has 1 aliphatic carbocycles. The summed E-state index contributed by atoms with van der Waals surface area (Å²) in [5.74, 6) is 2.70. The Morgan fingerprint density at radius 2 is 1.78 bits per heavy atom. The predicted molar refractivity (Wildman–Crippen MR) is 86.6 cm³/mol. The maximum Gasteiger partial charge on any atom is 0.226 e. The summed E-state index contributed by atoms with van der Waals surface area (Å²) in [5, 5.41) is 8.91. The molecule has 3 heterocycles. The van der Waals surface area contributed by atoms with E-state index in [4.69, 9.17) is 0 Å². The Bertz CT molecular complexity index is 578. The van der Waals surface area contributed by atoms with Crippen LogP contribution in [0.3, 0.4) is 0 Å². The largest absolute Gasteiger partial charge is 0.332 e. The number of hydrogen-bond acceptors (Lipinski definition) is 4. The van der Waals surface area contributed by atoms with Crippen molar-refractivity contribution in [2.75, 3.05) is 20.1 Å². The van der Waals surface area contributed by atoms with Gasteiger partial charge in [0, 0.05) is 25.6 Å². The van der Waals surface area contributed by atoms with Crippen molar-refractivity contribution in [3.8, 4) is 0 Å². The molecule has 6 heteroatoms. The van der Waals surface area contributed by atoms with Crippen molar-refractivity contribution in [1.82, 2.24) is 24.6 Å². The van der Waals surface area contributed by atoms with Gasteiger partial charge in [-0.05, 0) is 39.2 Å². The standard InChI is InChI=1S/C17H27N5O/c1-20-10-11-22-15(12-20)18-19-16(22)14-8-4-5-9-21(14)17(23)13-6-2-3-7-13/h13-14H,2-12H2,1H3. The molecule has 0 aromatic carbocycles. The molecule has 0 radical (unpaired) electrons. The second-order valence-electron chi connectivity index (χ2n) is 7.39. The fraction of sp³-hybridized carbons (Fsp3) is 0.824. The predicted octanol–water partition coefficient (Wildman–Crippen LogP) is 1.97. The lowest BCUT2D eigenvalue weighted by molar-refractivity contribution is -0.139. The third kappa shape index (κ3) is 2.77. The topological polar surface area (TPSA) is 54.3 Å². The molecule has 0 N–H and O–H groups in total. The van der Waals surface area contributed by atoms with Crippen LogP contribution in [0, 0.1) is 5.92 Å². The van der Waals surface area contributed by atoms with Crippen LogP contribution >= 0.6 is 0 Å². The van der Waals surface area contributed by atoms with Crippen LogP contribution in [-0.2, 0) is 17.9 Å². The van der Waals surface area contributed by atoms with E-state index in [2.05, 4.69) is 31.6 Å². The van der Waals surface area contributed by atoms with Crippen LogP contribution in [0.4, 0.5) is 0 Å². The van der Waals surface area contributed by atoms with Crippen LogP contribution in [-0.4, -0.2) is 50.6 Å². The van der Waals surface area contributed by atoms with Crippen LogP contribution in [0.25, 0.3) is 0 Å². The summed E-state index contributed by atoms with van der Waals surface area (Å²) < 4.78 is 2.27. The molecule has 0 spiro atoms. The minimum absolute atomic E-state index is 0.140. The SMILES string of the molecule is CN1CCn2c(nnc2C2CCCCN2C(=O)C2CCCC2)C1. The lowest BCUT2D eigenvalue weighted by Gasteiger charge is -2.37. The van der Waals surface area contributed by atoms with E-state index in [1.807, 2.05) is 0 Å². The smallest absolute Gasteiger partial charge is 0.226 e. The summed E-state index contributed by atoms with van der Waals surface area (Å²) in [6.07, 6.45) is 7.91. The maximum absolute atomic E-state index is 13.0. The van der Waals surface area contributed by atoms with Gasteiger partial charge < -0.3 is 9.47 Å². The first-order valence-corrected chi connectivity index (χ1v) is 9.15. The van der Waals surface area contributed by atoms with Crippen molar-refractivity contribution in [1.29, 1.82) is 0 Å². The van der Waals surface area contributed by atoms with E-state index >= 15 is 0 Å². The first kappa shape index (κ1) is 15.1. The zero-order valence-corrected chi connectivity index (χ0v) is 14.1. The minimum atomic E-state index is 0.140. The highest BCUT2D eigenvalue weighted by Gasteiger charge is 2.36. The van der Waals surface area contributed by atoms with E-state index in [0.717, 1.165) is 63.5 Å². The highest BCUT2D eigenvalue weighted by Crippen LogP contribution is 2.35. The van der Waals surface area contributed by atoms with Crippen molar-refractivity contribution in [2.24, 2.45) is 5.92 Å². The lowest BCUT2D eigenvalue weighted by atomic mass is 9.97. The van der Waals surface area contributed by atoms with Gasteiger partial charge in [-0.3, -0.25) is 9.69 Å². The highest BCUT2D eigenvalue weighted by atomic mass is 16.2. The van der Waals surface area contributed by atoms with Gasteiger partial charge in [-0.2, -0.15) is 0 Å². The number of carbonyl (C=O) groups excluding carboxylic acids is 1. The number of likely N-dealkylation sites (N-methyl/N-ethyl adjacent to an activating group) is 1.